The molecular formula is C40H44Cl2N4O3. The molecule has 0 unspecified atom stereocenters. The smallest absolute Gasteiger partial charge is 0.142 e. The van der Waals surface area contributed by atoms with Gasteiger partial charge >= 0.3 is 0 Å². The average Bonchev–Trinajstić information content (AvgIpc) is 3.65. The second-order valence-corrected chi connectivity index (χ2v) is 13.7. The number of benzene rings is 3. The van der Waals surface area contributed by atoms with Crippen LogP contribution in [0, 0.1) is 18.3 Å². The van der Waals surface area contributed by atoms with Crippen LogP contribution in [0.3, 0.4) is 0 Å². The Kier molecular flexibility index (Phi) is 12.3. The van der Waals surface area contributed by atoms with Crippen molar-refractivity contribution >= 4 is 23.2 Å². The highest BCUT2D eigenvalue weighted by Crippen LogP contribution is 2.38. The highest BCUT2D eigenvalue weighted by molar-refractivity contribution is 6.34. The minimum atomic E-state index is 0.233. The number of pyridine rings is 1. The largest absolute Gasteiger partial charge is 0.493 e. The first-order valence-corrected chi connectivity index (χ1v) is 18.1. The lowest BCUT2D eigenvalue weighted by Gasteiger charge is -2.27. The fraction of sp³-hybridized carbons (Fsp3) is 0.400. The van der Waals surface area contributed by atoms with Gasteiger partial charge in [-0.25, -0.2) is 0 Å². The number of halogens is 2. The van der Waals surface area contributed by atoms with Crippen molar-refractivity contribution in [3.05, 3.63) is 105 Å². The third-order valence-electron chi connectivity index (χ3n) is 9.39. The number of piperidine rings is 1. The van der Waals surface area contributed by atoms with E-state index in [-0.39, 0.29) is 13.2 Å². The molecule has 256 valence electrons. The van der Waals surface area contributed by atoms with Crippen LogP contribution in [0.1, 0.15) is 66.3 Å². The quantitative estimate of drug-likeness (QED) is 0.122. The summed E-state index contributed by atoms with van der Waals surface area (Å²) < 4.78 is 18.9. The number of likely N-dealkylation sites (tertiary alicyclic amines) is 2. The Morgan fingerprint density at radius 2 is 1.49 bits per heavy atom. The predicted octanol–water partition coefficient (Wildman–Crippen LogP) is 9.24. The monoisotopic (exact) mass is 698 g/mol. The highest BCUT2D eigenvalue weighted by Gasteiger charge is 2.19. The lowest BCUT2D eigenvalue weighted by molar-refractivity contribution is 0.214. The van der Waals surface area contributed by atoms with E-state index in [9.17, 15) is 5.26 Å². The highest BCUT2D eigenvalue weighted by atomic mass is 35.5. The molecule has 0 atom stereocenters. The normalized spacial score (nSPS) is 15.2. The Morgan fingerprint density at radius 3 is 2.31 bits per heavy atom. The molecule has 0 bridgehead atoms. The minimum absolute atomic E-state index is 0.233. The van der Waals surface area contributed by atoms with E-state index >= 15 is 0 Å². The van der Waals surface area contributed by atoms with Crippen molar-refractivity contribution in [3.63, 3.8) is 0 Å². The molecule has 9 heteroatoms. The maximum atomic E-state index is 9.31. The van der Waals surface area contributed by atoms with Crippen molar-refractivity contribution < 1.29 is 14.2 Å². The summed E-state index contributed by atoms with van der Waals surface area (Å²) >= 11 is 13.9. The van der Waals surface area contributed by atoms with E-state index < -0.39 is 0 Å². The van der Waals surface area contributed by atoms with Crippen LogP contribution in [0.5, 0.6) is 17.2 Å². The van der Waals surface area contributed by atoms with E-state index in [1.165, 1.54) is 45.2 Å². The topological polar surface area (TPSA) is 70.9 Å². The molecule has 4 aromatic rings. The van der Waals surface area contributed by atoms with E-state index in [0.717, 1.165) is 71.7 Å². The van der Waals surface area contributed by atoms with Gasteiger partial charge in [-0.15, -0.1) is 0 Å². The van der Waals surface area contributed by atoms with Crippen molar-refractivity contribution in [2.75, 3.05) is 39.3 Å². The standard InChI is InChI=1S/C40H44Cl2N4O3/c1-29-34(11-8-13-37(29)47-19-9-18-45-14-5-6-15-45)35-12-7-10-32(40(35)42)28-49-39-22-38(48-27-31-20-30(23-43)24-44-25-31)33(21-36(39)41)26-46-16-3-2-4-17-46/h7-8,10-13,20-22,24-25H,2-6,9,14-19,26-28H2,1H3. The lowest BCUT2D eigenvalue weighted by atomic mass is 9.98. The summed E-state index contributed by atoms with van der Waals surface area (Å²) in [6, 6.07) is 19.9. The van der Waals surface area contributed by atoms with Crippen molar-refractivity contribution in [3.8, 4) is 34.4 Å². The van der Waals surface area contributed by atoms with Gasteiger partial charge in [-0.1, -0.05) is 60.0 Å². The van der Waals surface area contributed by atoms with Crippen LogP contribution in [0.2, 0.25) is 10.0 Å². The molecule has 7 nitrogen and oxygen atoms in total. The maximum Gasteiger partial charge on any atom is 0.142 e. The van der Waals surface area contributed by atoms with Gasteiger partial charge in [-0.05, 0) is 94.5 Å². The third-order valence-corrected chi connectivity index (χ3v) is 10.1. The van der Waals surface area contributed by atoms with Crippen LogP contribution in [-0.2, 0) is 19.8 Å². The van der Waals surface area contributed by atoms with Crippen LogP contribution < -0.4 is 14.2 Å². The first-order chi connectivity index (χ1) is 24.0. The van der Waals surface area contributed by atoms with Crippen molar-refractivity contribution in [1.29, 1.82) is 5.26 Å². The zero-order valence-electron chi connectivity index (χ0n) is 28.2. The maximum absolute atomic E-state index is 9.31. The molecule has 0 aliphatic carbocycles. The fourth-order valence-electron chi connectivity index (χ4n) is 6.69. The Hall–Kier alpha value is -3.80. The first-order valence-electron chi connectivity index (χ1n) is 17.4. The molecule has 2 aliphatic rings. The zero-order chi connectivity index (χ0) is 34.0. The predicted molar refractivity (Wildman–Crippen MR) is 196 cm³/mol. The number of nitriles is 1. The molecule has 2 saturated heterocycles. The number of hydrogen-bond donors (Lipinski definition) is 0. The van der Waals surface area contributed by atoms with E-state index in [0.29, 0.717) is 33.7 Å². The summed E-state index contributed by atoms with van der Waals surface area (Å²) in [6.07, 6.45) is 10.5. The van der Waals surface area contributed by atoms with E-state index in [2.05, 4.69) is 33.8 Å². The van der Waals surface area contributed by atoms with Crippen LogP contribution >= 0.6 is 23.2 Å². The number of ether oxygens (including phenoxy) is 3. The van der Waals surface area contributed by atoms with Gasteiger partial charge in [0.25, 0.3) is 0 Å². The number of nitrogens with zero attached hydrogens (tertiary/aromatic N) is 4. The third kappa shape index (κ3) is 9.26. The summed E-state index contributed by atoms with van der Waals surface area (Å²) in [5.74, 6) is 2.10. The van der Waals surface area contributed by atoms with Gasteiger partial charge in [0.05, 0.1) is 22.2 Å². The summed E-state index contributed by atoms with van der Waals surface area (Å²) in [4.78, 5) is 9.12. The molecule has 49 heavy (non-hydrogen) atoms. The molecular weight excluding hydrogens is 655 g/mol. The second kappa shape index (κ2) is 17.2. The lowest BCUT2D eigenvalue weighted by Crippen LogP contribution is -2.29. The molecule has 0 saturated carbocycles. The van der Waals surface area contributed by atoms with Gasteiger partial charge in [0.1, 0.15) is 36.5 Å². The molecule has 0 radical (unpaired) electrons. The average molecular weight is 700 g/mol. The SMILES string of the molecule is Cc1c(OCCCN2CCCC2)cccc1-c1cccc(COc2cc(OCc3cncc(C#N)c3)c(CN3CCCCC3)cc2Cl)c1Cl. The van der Waals surface area contributed by atoms with Crippen molar-refractivity contribution in [2.24, 2.45) is 0 Å². The summed E-state index contributed by atoms with van der Waals surface area (Å²) in [5.41, 5.74) is 6.20. The molecule has 0 N–H and O–H groups in total. The van der Waals surface area contributed by atoms with E-state index in [1.807, 2.05) is 42.5 Å². The molecule has 3 heterocycles. The van der Waals surface area contributed by atoms with Gasteiger partial charge in [0, 0.05) is 53.8 Å². The van der Waals surface area contributed by atoms with Gasteiger partial charge in [0.15, 0.2) is 0 Å². The van der Waals surface area contributed by atoms with Crippen LogP contribution in [0.25, 0.3) is 11.1 Å². The van der Waals surface area contributed by atoms with Crippen LogP contribution in [0.4, 0.5) is 0 Å². The number of rotatable bonds is 14. The van der Waals surface area contributed by atoms with Crippen molar-refractivity contribution in [1.82, 2.24) is 14.8 Å². The van der Waals surface area contributed by atoms with E-state index in [4.69, 9.17) is 37.4 Å². The summed E-state index contributed by atoms with van der Waals surface area (Å²) in [6.45, 7) is 9.60. The van der Waals surface area contributed by atoms with Gasteiger partial charge in [0.2, 0.25) is 0 Å². The zero-order valence-corrected chi connectivity index (χ0v) is 29.7. The summed E-state index contributed by atoms with van der Waals surface area (Å²) in [7, 11) is 0. The Labute approximate surface area is 300 Å². The van der Waals surface area contributed by atoms with E-state index in [1.54, 1.807) is 18.5 Å². The van der Waals surface area contributed by atoms with Gasteiger partial charge in [-0.2, -0.15) is 5.26 Å². The van der Waals surface area contributed by atoms with Gasteiger partial charge in [-0.3, -0.25) is 9.88 Å². The molecule has 0 amide bonds. The summed E-state index contributed by atoms with van der Waals surface area (Å²) in [5, 5.41) is 10.5. The molecule has 6 rings (SSSR count). The molecule has 0 spiro atoms. The Bertz CT molecular complexity index is 1760. The Morgan fingerprint density at radius 1 is 0.755 bits per heavy atom. The fourth-order valence-corrected chi connectivity index (χ4v) is 7.21. The first kappa shape index (κ1) is 35.0. The molecule has 2 aliphatic heterocycles. The van der Waals surface area contributed by atoms with Crippen molar-refractivity contribution in [2.45, 2.75) is 65.2 Å². The minimum Gasteiger partial charge on any atom is -0.493 e. The van der Waals surface area contributed by atoms with Crippen LogP contribution in [0.15, 0.2) is 67.0 Å². The van der Waals surface area contributed by atoms with Crippen LogP contribution in [-0.4, -0.2) is 54.1 Å². The van der Waals surface area contributed by atoms with Gasteiger partial charge < -0.3 is 19.1 Å². The second-order valence-electron chi connectivity index (χ2n) is 13.0. The molecule has 3 aromatic carbocycles. The number of aromatic nitrogens is 1. The molecule has 1 aromatic heterocycles. The number of hydrogen-bond acceptors (Lipinski definition) is 7. The Balaban J connectivity index is 1.17. The molecule has 2 fully saturated rings.